The predicted octanol–water partition coefficient (Wildman–Crippen LogP) is 0.609. The van der Waals surface area contributed by atoms with Gasteiger partial charge in [0.05, 0.1) is 0 Å². The first-order chi connectivity index (χ1) is 7.74. The maximum atomic E-state index is 12.2. The van der Waals surface area contributed by atoms with Gasteiger partial charge in [0.1, 0.15) is 0 Å². The van der Waals surface area contributed by atoms with Crippen molar-refractivity contribution in [3.05, 3.63) is 0 Å². The minimum Gasteiger partial charge on any atom is -0.381 e. The summed E-state index contributed by atoms with van der Waals surface area (Å²) in [7, 11) is 1.91. The van der Waals surface area contributed by atoms with Crippen molar-refractivity contribution in [2.75, 3.05) is 26.8 Å². The van der Waals surface area contributed by atoms with Crippen molar-refractivity contribution in [2.45, 2.75) is 31.7 Å². The smallest absolute Gasteiger partial charge is 0.225 e. The average Bonchev–Trinajstić information content (AvgIpc) is 3.14. The Morgan fingerprint density at radius 3 is 2.50 bits per heavy atom. The van der Waals surface area contributed by atoms with Crippen LogP contribution in [0, 0.1) is 11.8 Å². The van der Waals surface area contributed by atoms with Gasteiger partial charge in [-0.05, 0) is 31.6 Å². The van der Waals surface area contributed by atoms with Crippen LogP contribution in [0.2, 0.25) is 0 Å². The molecule has 2 N–H and O–H groups in total. The molecule has 1 unspecified atom stereocenters. The number of rotatable bonds is 4. The summed E-state index contributed by atoms with van der Waals surface area (Å²) in [5.74, 6) is 1.08. The van der Waals surface area contributed by atoms with Crippen LogP contribution in [0.4, 0.5) is 0 Å². The van der Waals surface area contributed by atoms with E-state index in [0.29, 0.717) is 12.5 Å². The zero-order chi connectivity index (χ0) is 11.5. The molecule has 1 aliphatic heterocycles. The van der Waals surface area contributed by atoms with Crippen LogP contribution in [0.1, 0.15) is 25.7 Å². The van der Waals surface area contributed by atoms with Crippen LogP contribution in [0.15, 0.2) is 0 Å². The number of amides is 1. The van der Waals surface area contributed by atoms with Crippen molar-refractivity contribution in [3.8, 4) is 0 Å². The number of nitrogens with zero attached hydrogens (tertiary/aromatic N) is 1. The third-order valence-electron chi connectivity index (χ3n) is 3.82. The molecule has 4 nitrogen and oxygen atoms in total. The molecule has 92 valence electrons. The lowest BCUT2D eigenvalue weighted by molar-refractivity contribution is -0.139. The van der Waals surface area contributed by atoms with Crippen LogP contribution in [0.3, 0.4) is 0 Å². The molecule has 2 rings (SSSR count). The number of nitrogens with two attached hydrogens (primary N) is 1. The summed E-state index contributed by atoms with van der Waals surface area (Å²) < 4.78 is 5.28. The van der Waals surface area contributed by atoms with Crippen molar-refractivity contribution in [1.29, 1.82) is 0 Å². The molecule has 4 heteroatoms. The van der Waals surface area contributed by atoms with E-state index in [4.69, 9.17) is 10.5 Å². The second-order valence-corrected chi connectivity index (χ2v) is 4.98. The molecule has 1 aliphatic carbocycles. The van der Waals surface area contributed by atoms with Crippen LogP contribution in [-0.4, -0.2) is 43.7 Å². The Morgan fingerprint density at radius 1 is 1.38 bits per heavy atom. The minimum atomic E-state index is 0.159. The summed E-state index contributed by atoms with van der Waals surface area (Å²) in [6, 6.07) is 0.260. The lowest BCUT2D eigenvalue weighted by Crippen LogP contribution is -2.46. The Bertz CT molecular complexity index is 247. The Hall–Kier alpha value is -0.610. The minimum absolute atomic E-state index is 0.159. The highest BCUT2D eigenvalue weighted by molar-refractivity contribution is 5.79. The van der Waals surface area contributed by atoms with Crippen LogP contribution in [0.25, 0.3) is 0 Å². The first-order valence-electron chi connectivity index (χ1n) is 6.28. The van der Waals surface area contributed by atoms with E-state index in [-0.39, 0.29) is 17.9 Å². The highest BCUT2D eigenvalue weighted by atomic mass is 16.5. The number of carbonyl (C=O) groups is 1. The third-order valence-corrected chi connectivity index (χ3v) is 3.82. The Labute approximate surface area is 97.1 Å². The van der Waals surface area contributed by atoms with Gasteiger partial charge in [0.25, 0.3) is 0 Å². The van der Waals surface area contributed by atoms with E-state index >= 15 is 0 Å². The molecule has 2 fully saturated rings. The van der Waals surface area contributed by atoms with Gasteiger partial charge >= 0.3 is 0 Å². The standard InChI is InChI=1S/C12H22N2O2/c1-14(11(8-13)9-2-3-9)12(15)10-4-6-16-7-5-10/h9-11H,2-8,13H2,1H3. The summed E-state index contributed by atoms with van der Waals surface area (Å²) >= 11 is 0. The van der Waals surface area contributed by atoms with E-state index in [0.717, 1.165) is 26.1 Å². The second-order valence-electron chi connectivity index (χ2n) is 4.98. The highest BCUT2D eigenvalue weighted by Gasteiger charge is 2.36. The molecule has 1 heterocycles. The molecule has 1 atom stereocenters. The molecular weight excluding hydrogens is 204 g/mol. The van der Waals surface area contributed by atoms with Gasteiger partial charge in [-0.1, -0.05) is 0 Å². The Morgan fingerprint density at radius 2 is 2.00 bits per heavy atom. The first kappa shape index (κ1) is 11.9. The van der Waals surface area contributed by atoms with Crippen molar-refractivity contribution in [2.24, 2.45) is 17.6 Å². The van der Waals surface area contributed by atoms with E-state index in [1.54, 1.807) is 0 Å². The molecule has 16 heavy (non-hydrogen) atoms. The monoisotopic (exact) mass is 226 g/mol. The Balaban J connectivity index is 1.91. The zero-order valence-electron chi connectivity index (χ0n) is 10.0. The van der Waals surface area contributed by atoms with Gasteiger partial charge in [0, 0.05) is 38.8 Å². The van der Waals surface area contributed by atoms with Crippen molar-refractivity contribution < 1.29 is 9.53 Å². The van der Waals surface area contributed by atoms with Crippen molar-refractivity contribution in [3.63, 3.8) is 0 Å². The summed E-state index contributed by atoms with van der Waals surface area (Å²) in [4.78, 5) is 14.1. The maximum absolute atomic E-state index is 12.2. The molecule has 0 radical (unpaired) electrons. The van der Waals surface area contributed by atoms with E-state index in [2.05, 4.69) is 0 Å². The number of carbonyl (C=O) groups excluding carboxylic acids is 1. The van der Waals surface area contributed by atoms with E-state index < -0.39 is 0 Å². The fourth-order valence-electron chi connectivity index (χ4n) is 2.54. The lowest BCUT2D eigenvalue weighted by atomic mass is 9.97. The molecular formula is C12H22N2O2. The molecule has 0 aromatic carbocycles. The Kier molecular flexibility index (Phi) is 3.82. The summed E-state index contributed by atoms with van der Waals surface area (Å²) in [6.07, 6.45) is 4.19. The van der Waals surface area contributed by atoms with E-state index in [1.165, 1.54) is 12.8 Å². The van der Waals surface area contributed by atoms with Crippen LogP contribution < -0.4 is 5.73 Å². The fraction of sp³-hybridized carbons (Fsp3) is 0.917. The number of hydrogen-bond donors (Lipinski definition) is 1. The van der Waals surface area contributed by atoms with Gasteiger partial charge < -0.3 is 15.4 Å². The molecule has 2 aliphatic rings. The molecule has 1 amide bonds. The highest BCUT2D eigenvalue weighted by Crippen LogP contribution is 2.35. The van der Waals surface area contributed by atoms with Crippen LogP contribution in [0.5, 0.6) is 0 Å². The summed E-state index contributed by atoms with van der Waals surface area (Å²) in [5, 5.41) is 0. The van der Waals surface area contributed by atoms with Crippen LogP contribution >= 0.6 is 0 Å². The third kappa shape index (κ3) is 2.55. The maximum Gasteiger partial charge on any atom is 0.225 e. The molecule has 0 aromatic rings. The van der Waals surface area contributed by atoms with Crippen molar-refractivity contribution in [1.82, 2.24) is 4.90 Å². The molecule has 1 saturated carbocycles. The van der Waals surface area contributed by atoms with Gasteiger partial charge in [-0.25, -0.2) is 0 Å². The van der Waals surface area contributed by atoms with E-state index in [1.807, 2.05) is 11.9 Å². The van der Waals surface area contributed by atoms with Gasteiger partial charge in [0.2, 0.25) is 5.91 Å². The van der Waals surface area contributed by atoms with Crippen molar-refractivity contribution >= 4 is 5.91 Å². The normalized spacial score (nSPS) is 24.1. The number of hydrogen-bond acceptors (Lipinski definition) is 3. The number of ether oxygens (including phenoxy) is 1. The van der Waals surface area contributed by atoms with Crippen LogP contribution in [-0.2, 0) is 9.53 Å². The zero-order valence-corrected chi connectivity index (χ0v) is 10.0. The number of likely N-dealkylation sites (N-methyl/N-ethyl adjacent to an activating group) is 1. The van der Waals surface area contributed by atoms with Gasteiger partial charge in [-0.2, -0.15) is 0 Å². The average molecular weight is 226 g/mol. The van der Waals surface area contributed by atoms with Gasteiger partial charge in [0.15, 0.2) is 0 Å². The largest absolute Gasteiger partial charge is 0.381 e. The molecule has 0 aromatic heterocycles. The first-order valence-corrected chi connectivity index (χ1v) is 6.28. The topological polar surface area (TPSA) is 55.6 Å². The predicted molar refractivity (Wildman–Crippen MR) is 61.9 cm³/mol. The van der Waals surface area contributed by atoms with Gasteiger partial charge in [-0.3, -0.25) is 4.79 Å². The molecule has 0 bridgehead atoms. The summed E-state index contributed by atoms with van der Waals surface area (Å²) in [5.41, 5.74) is 5.76. The van der Waals surface area contributed by atoms with E-state index in [9.17, 15) is 4.79 Å². The van der Waals surface area contributed by atoms with Gasteiger partial charge in [-0.15, -0.1) is 0 Å². The SMILES string of the molecule is CN(C(=O)C1CCOCC1)C(CN)C1CC1. The summed E-state index contributed by atoms with van der Waals surface area (Å²) in [6.45, 7) is 2.04. The molecule has 1 saturated heterocycles. The quantitative estimate of drug-likeness (QED) is 0.764. The lowest BCUT2D eigenvalue weighted by Gasteiger charge is -2.32. The molecule has 0 spiro atoms. The second kappa shape index (κ2) is 5.15. The fourth-order valence-corrected chi connectivity index (χ4v) is 2.54.